The van der Waals surface area contributed by atoms with Gasteiger partial charge in [-0.05, 0) is 49.2 Å². The molecule has 0 bridgehead atoms. The van der Waals surface area contributed by atoms with Gasteiger partial charge < -0.3 is 0 Å². The molecule has 0 aliphatic carbocycles. The van der Waals surface area contributed by atoms with Gasteiger partial charge in [-0.3, -0.25) is 4.98 Å². The molecule has 0 aliphatic heterocycles. The Morgan fingerprint density at radius 1 is 0.650 bits per heavy atom. The summed E-state index contributed by atoms with van der Waals surface area (Å²) in [5.41, 5.74) is 7.17. The minimum absolute atomic E-state index is 1.03. The molecule has 0 saturated carbocycles. The van der Waals surface area contributed by atoms with E-state index < -0.39 is 0 Å². The van der Waals surface area contributed by atoms with Crippen LogP contribution < -0.4 is 0 Å². The van der Waals surface area contributed by atoms with E-state index in [0.717, 1.165) is 5.69 Å². The molecule has 0 atom stereocenters. The smallest absolute Gasteiger partial charge is 0.0708 e. The third kappa shape index (κ3) is 2.62. The van der Waals surface area contributed by atoms with Crippen molar-refractivity contribution in [3.05, 3.63) is 78.0 Å². The summed E-state index contributed by atoms with van der Waals surface area (Å²) in [5, 5.41) is 0. The van der Waals surface area contributed by atoms with Gasteiger partial charge in [-0.1, -0.05) is 47.5 Å². The lowest BCUT2D eigenvalue weighted by Gasteiger charge is -2.07. The quantitative estimate of drug-likeness (QED) is 0.628. The summed E-state index contributed by atoms with van der Waals surface area (Å²) in [7, 11) is 0. The highest BCUT2D eigenvalue weighted by atomic mass is 14.7. The molecule has 0 amide bonds. The summed E-state index contributed by atoms with van der Waals surface area (Å²) >= 11 is 0. The standard InChI is InChI=1S/C19H17N/c1-14-10-15(2)12-18(11-14)19-13-17(8-9-20-19)16-6-4-3-5-7-16/h3-13H,1-2H3. The topological polar surface area (TPSA) is 12.9 Å². The van der Waals surface area contributed by atoms with Crippen LogP contribution in [0.2, 0.25) is 0 Å². The van der Waals surface area contributed by atoms with E-state index in [4.69, 9.17) is 0 Å². The summed E-state index contributed by atoms with van der Waals surface area (Å²) in [5.74, 6) is 0. The predicted molar refractivity (Wildman–Crippen MR) is 84.6 cm³/mol. The van der Waals surface area contributed by atoms with E-state index in [2.05, 4.69) is 73.4 Å². The summed E-state index contributed by atoms with van der Waals surface area (Å²) in [4.78, 5) is 4.52. The van der Waals surface area contributed by atoms with Crippen molar-refractivity contribution in [2.24, 2.45) is 0 Å². The molecule has 3 aromatic rings. The van der Waals surface area contributed by atoms with E-state index in [1.54, 1.807) is 0 Å². The fourth-order valence-corrected chi connectivity index (χ4v) is 2.52. The van der Waals surface area contributed by atoms with Crippen LogP contribution in [-0.4, -0.2) is 4.98 Å². The van der Waals surface area contributed by atoms with E-state index >= 15 is 0 Å². The average molecular weight is 259 g/mol. The van der Waals surface area contributed by atoms with Crippen LogP contribution in [0.3, 0.4) is 0 Å². The zero-order valence-electron chi connectivity index (χ0n) is 11.8. The molecule has 1 heteroatoms. The van der Waals surface area contributed by atoms with Crippen molar-refractivity contribution in [1.82, 2.24) is 4.98 Å². The third-order valence-electron chi connectivity index (χ3n) is 3.38. The minimum Gasteiger partial charge on any atom is -0.256 e. The molecule has 3 rings (SSSR count). The first kappa shape index (κ1) is 12.6. The Bertz CT molecular complexity index is 710. The van der Waals surface area contributed by atoms with Crippen molar-refractivity contribution in [2.75, 3.05) is 0 Å². The zero-order valence-corrected chi connectivity index (χ0v) is 11.8. The van der Waals surface area contributed by atoms with E-state index in [-0.39, 0.29) is 0 Å². The van der Waals surface area contributed by atoms with E-state index in [1.807, 2.05) is 12.3 Å². The summed E-state index contributed by atoms with van der Waals surface area (Å²) in [6.07, 6.45) is 1.88. The molecule has 20 heavy (non-hydrogen) atoms. The summed E-state index contributed by atoms with van der Waals surface area (Å²) < 4.78 is 0. The lowest BCUT2D eigenvalue weighted by atomic mass is 10.0. The molecule has 0 fully saturated rings. The van der Waals surface area contributed by atoms with Gasteiger partial charge in [-0.2, -0.15) is 0 Å². The number of hydrogen-bond donors (Lipinski definition) is 0. The van der Waals surface area contributed by atoms with Crippen LogP contribution in [0.5, 0.6) is 0 Å². The summed E-state index contributed by atoms with van der Waals surface area (Å²) in [6, 6.07) is 21.2. The van der Waals surface area contributed by atoms with Gasteiger partial charge in [0.2, 0.25) is 0 Å². The number of aryl methyl sites for hydroxylation is 2. The highest BCUT2D eigenvalue weighted by Gasteiger charge is 2.04. The van der Waals surface area contributed by atoms with E-state index in [1.165, 1.54) is 27.8 Å². The van der Waals surface area contributed by atoms with Gasteiger partial charge in [-0.25, -0.2) is 0 Å². The molecular weight excluding hydrogens is 242 g/mol. The number of hydrogen-bond acceptors (Lipinski definition) is 1. The lowest BCUT2D eigenvalue weighted by molar-refractivity contribution is 1.30. The Labute approximate surface area is 119 Å². The Hall–Kier alpha value is -2.41. The molecule has 0 saturated heterocycles. The second kappa shape index (κ2) is 5.30. The van der Waals surface area contributed by atoms with Crippen molar-refractivity contribution in [3.8, 4) is 22.4 Å². The summed E-state index contributed by atoms with van der Waals surface area (Å²) in [6.45, 7) is 4.25. The maximum Gasteiger partial charge on any atom is 0.0708 e. The molecule has 98 valence electrons. The molecule has 1 heterocycles. The Balaban J connectivity index is 2.07. The second-order valence-electron chi connectivity index (χ2n) is 5.17. The lowest BCUT2D eigenvalue weighted by Crippen LogP contribution is -1.87. The zero-order chi connectivity index (χ0) is 13.9. The van der Waals surface area contributed by atoms with Crippen LogP contribution in [0.15, 0.2) is 66.9 Å². The molecule has 0 unspecified atom stereocenters. The number of nitrogens with zero attached hydrogens (tertiary/aromatic N) is 1. The van der Waals surface area contributed by atoms with Gasteiger partial charge in [-0.15, -0.1) is 0 Å². The van der Waals surface area contributed by atoms with Gasteiger partial charge in [0.15, 0.2) is 0 Å². The van der Waals surface area contributed by atoms with E-state index in [0.29, 0.717) is 0 Å². The first-order valence-corrected chi connectivity index (χ1v) is 6.82. The van der Waals surface area contributed by atoms with Crippen molar-refractivity contribution < 1.29 is 0 Å². The molecule has 0 aliphatic rings. The fraction of sp³-hybridized carbons (Fsp3) is 0.105. The van der Waals surface area contributed by atoms with Crippen molar-refractivity contribution in [2.45, 2.75) is 13.8 Å². The first-order valence-electron chi connectivity index (χ1n) is 6.82. The molecule has 1 nitrogen and oxygen atoms in total. The minimum atomic E-state index is 1.03. The van der Waals surface area contributed by atoms with Crippen LogP contribution in [0, 0.1) is 13.8 Å². The highest BCUT2D eigenvalue weighted by molar-refractivity contribution is 5.70. The number of rotatable bonds is 2. The van der Waals surface area contributed by atoms with Gasteiger partial charge in [0.1, 0.15) is 0 Å². The van der Waals surface area contributed by atoms with Crippen LogP contribution in [0.1, 0.15) is 11.1 Å². The maximum atomic E-state index is 4.52. The van der Waals surface area contributed by atoms with Crippen LogP contribution in [0.25, 0.3) is 22.4 Å². The van der Waals surface area contributed by atoms with Gasteiger partial charge in [0.05, 0.1) is 5.69 Å². The first-order chi connectivity index (χ1) is 9.72. The van der Waals surface area contributed by atoms with Crippen LogP contribution in [0.4, 0.5) is 0 Å². The Kier molecular flexibility index (Phi) is 3.34. The SMILES string of the molecule is Cc1cc(C)cc(-c2cc(-c3ccccc3)ccn2)c1. The highest BCUT2D eigenvalue weighted by Crippen LogP contribution is 2.25. The largest absolute Gasteiger partial charge is 0.256 e. The predicted octanol–water partition coefficient (Wildman–Crippen LogP) is 5.03. The third-order valence-corrected chi connectivity index (χ3v) is 3.38. The molecule has 0 radical (unpaired) electrons. The second-order valence-corrected chi connectivity index (χ2v) is 5.17. The number of pyridine rings is 1. The molecule has 0 N–H and O–H groups in total. The normalized spacial score (nSPS) is 10.5. The van der Waals surface area contributed by atoms with Gasteiger partial charge in [0.25, 0.3) is 0 Å². The molecular formula is C19H17N. The van der Waals surface area contributed by atoms with Crippen molar-refractivity contribution in [3.63, 3.8) is 0 Å². The van der Waals surface area contributed by atoms with Crippen molar-refractivity contribution in [1.29, 1.82) is 0 Å². The van der Waals surface area contributed by atoms with E-state index in [9.17, 15) is 0 Å². The number of benzene rings is 2. The molecule has 0 spiro atoms. The van der Waals surface area contributed by atoms with Gasteiger partial charge in [0, 0.05) is 11.8 Å². The van der Waals surface area contributed by atoms with Crippen LogP contribution in [-0.2, 0) is 0 Å². The fourth-order valence-electron chi connectivity index (χ4n) is 2.52. The number of aromatic nitrogens is 1. The molecule has 2 aromatic carbocycles. The maximum absolute atomic E-state index is 4.52. The Morgan fingerprint density at radius 3 is 2.05 bits per heavy atom. The molecule has 1 aromatic heterocycles. The monoisotopic (exact) mass is 259 g/mol. The van der Waals surface area contributed by atoms with Crippen LogP contribution >= 0.6 is 0 Å². The Morgan fingerprint density at radius 2 is 1.35 bits per heavy atom. The van der Waals surface area contributed by atoms with Crippen molar-refractivity contribution >= 4 is 0 Å². The van der Waals surface area contributed by atoms with Gasteiger partial charge >= 0.3 is 0 Å². The average Bonchev–Trinajstić information content (AvgIpc) is 2.47.